The second-order valence-corrected chi connectivity index (χ2v) is 10.9. The summed E-state index contributed by atoms with van der Waals surface area (Å²) in [6, 6.07) is 6.32. The number of carbonyl (C=O) groups is 1. The van der Waals surface area contributed by atoms with Crippen molar-refractivity contribution in [3.63, 3.8) is 0 Å². The van der Waals surface area contributed by atoms with E-state index in [-0.39, 0.29) is 28.5 Å². The van der Waals surface area contributed by atoms with Crippen molar-refractivity contribution in [1.82, 2.24) is 9.97 Å². The zero-order valence-corrected chi connectivity index (χ0v) is 20.1. The molecule has 8 heteroatoms. The average molecular weight is 440 g/mol. The number of nitrogens with two attached hydrogens (primary N) is 3. The minimum Gasteiger partial charge on any atom is -0.365 e. The first-order valence-electron chi connectivity index (χ1n) is 11.1. The Hall–Kier alpha value is -2.71. The van der Waals surface area contributed by atoms with Crippen LogP contribution in [0.1, 0.15) is 69.4 Å². The minimum absolute atomic E-state index is 0.0406. The van der Waals surface area contributed by atoms with Gasteiger partial charge in [0.05, 0.1) is 0 Å². The van der Waals surface area contributed by atoms with E-state index < -0.39 is 5.91 Å². The Morgan fingerprint density at radius 2 is 1.53 bits per heavy atom. The number of nitrogens with one attached hydrogen (secondary N) is 1. The predicted molar refractivity (Wildman–Crippen MR) is 130 cm³/mol. The number of amides is 1. The molecule has 0 bridgehead atoms. The van der Waals surface area contributed by atoms with E-state index in [2.05, 4.69) is 75.0 Å². The third-order valence-electron chi connectivity index (χ3n) is 5.77. The number of hydrogen-bond acceptors (Lipinski definition) is 7. The van der Waals surface area contributed by atoms with Gasteiger partial charge in [0.25, 0.3) is 5.91 Å². The predicted octanol–water partition coefficient (Wildman–Crippen LogP) is 2.78. The van der Waals surface area contributed by atoms with E-state index in [0.29, 0.717) is 24.9 Å². The van der Waals surface area contributed by atoms with Crippen LogP contribution in [0.5, 0.6) is 0 Å². The molecule has 2 heterocycles. The average Bonchev–Trinajstić information content (AvgIpc) is 2.65. The van der Waals surface area contributed by atoms with E-state index in [9.17, 15) is 4.79 Å². The zero-order valence-electron chi connectivity index (χ0n) is 20.1. The first-order valence-corrected chi connectivity index (χ1v) is 11.1. The van der Waals surface area contributed by atoms with Gasteiger partial charge in [0.2, 0.25) is 5.95 Å². The number of hydrogen-bond donors (Lipinski definition) is 4. The van der Waals surface area contributed by atoms with Crippen LogP contribution < -0.4 is 27.4 Å². The lowest BCUT2D eigenvalue weighted by atomic mass is 9.80. The van der Waals surface area contributed by atoms with Crippen molar-refractivity contribution in [2.75, 3.05) is 23.3 Å². The summed E-state index contributed by atoms with van der Waals surface area (Å²) < 4.78 is 0. The first-order chi connectivity index (χ1) is 14.7. The molecule has 32 heavy (non-hydrogen) atoms. The molecular weight excluding hydrogens is 402 g/mol. The van der Waals surface area contributed by atoms with Crippen LogP contribution in [-0.4, -0.2) is 41.0 Å². The molecule has 1 aromatic heterocycles. The second kappa shape index (κ2) is 8.67. The Labute approximate surface area is 191 Å². The van der Waals surface area contributed by atoms with Crippen molar-refractivity contribution < 1.29 is 4.79 Å². The molecular formula is C24H37N7O. The molecule has 7 N–H and O–H groups in total. The molecule has 0 aliphatic carbocycles. The minimum atomic E-state index is -0.589. The SMILES string of the molecule is CC(C)(C)c1cc(Nc2nc(N3C[C@H](N)C[C@H](N)C3)ncc2C(N)=O)cc(C(C)(C)C)c1. The molecule has 1 aromatic carbocycles. The van der Waals surface area contributed by atoms with E-state index in [4.69, 9.17) is 17.2 Å². The largest absolute Gasteiger partial charge is 0.365 e. The molecule has 1 fully saturated rings. The maximum absolute atomic E-state index is 12.1. The molecule has 1 amide bonds. The zero-order chi connectivity index (χ0) is 23.8. The fourth-order valence-corrected chi connectivity index (χ4v) is 3.84. The molecule has 0 spiro atoms. The Kier molecular flexibility index (Phi) is 6.49. The summed E-state index contributed by atoms with van der Waals surface area (Å²) in [6.07, 6.45) is 2.23. The number of primary amides is 1. The van der Waals surface area contributed by atoms with Gasteiger partial charge in [-0.15, -0.1) is 0 Å². The number of piperidine rings is 1. The molecule has 2 atom stereocenters. The number of aromatic nitrogens is 2. The van der Waals surface area contributed by atoms with Crippen LogP contribution in [0.3, 0.4) is 0 Å². The Morgan fingerprint density at radius 1 is 1.00 bits per heavy atom. The summed E-state index contributed by atoms with van der Waals surface area (Å²) in [6.45, 7) is 14.3. The number of anilines is 3. The highest BCUT2D eigenvalue weighted by atomic mass is 16.1. The van der Waals surface area contributed by atoms with Crippen LogP contribution in [0.4, 0.5) is 17.5 Å². The molecule has 0 saturated carbocycles. The highest BCUT2D eigenvalue weighted by Gasteiger charge is 2.26. The van der Waals surface area contributed by atoms with Gasteiger partial charge in [-0.2, -0.15) is 4.98 Å². The fourth-order valence-electron chi connectivity index (χ4n) is 3.84. The third kappa shape index (κ3) is 5.55. The van der Waals surface area contributed by atoms with E-state index in [1.165, 1.54) is 17.3 Å². The lowest BCUT2D eigenvalue weighted by Gasteiger charge is -2.34. The highest BCUT2D eigenvalue weighted by molar-refractivity contribution is 5.98. The van der Waals surface area contributed by atoms with Gasteiger partial charge in [0.15, 0.2) is 0 Å². The summed E-state index contributed by atoms with van der Waals surface area (Å²) in [7, 11) is 0. The number of carbonyl (C=O) groups excluding carboxylic acids is 1. The van der Waals surface area contributed by atoms with Gasteiger partial charge in [-0.25, -0.2) is 4.98 Å². The number of benzene rings is 1. The van der Waals surface area contributed by atoms with Crippen LogP contribution in [0.15, 0.2) is 24.4 Å². The maximum Gasteiger partial charge on any atom is 0.254 e. The standard InChI is InChI=1S/C24H37N7O/c1-23(2,3)14-7-15(24(4,5)6)9-18(8-14)29-21-19(20(27)32)11-28-22(30-21)31-12-16(25)10-17(26)13-31/h7-9,11,16-17H,10,12-13,25-26H2,1-6H3,(H2,27,32)(H,28,29,30)/t16-,17+. The van der Waals surface area contributed by atoms with Gasteiger partial charge >= 0.3 is 0 Å². The summed E-state index contributed by atoms with van der Waals surface area (Å²) in [5, 5.41) is 3.34. The van der Waals surface area contributed by atoms with Gasteiger partial charge in [-0.3, -0.25) is 4.79 Å². The van der Waals surface area contributed by atoms with Crippen molar-refractivity contribution >= 4 is 23.4 Å². The topological polar surface area (TPSA) is 136 Å². The van der Waals surface area contributed by atoms with Crippen molar-refractivity contribution in [3.05, 3.63) is 41.1 Å². The van der Waals surface area contributed by atoms with Crippen molar-refractivity contribution in [2.45, 2.75) is 70.9 Å². The summed E-state index contributed by atoms with van der Waals surface area (Å²) in [5.41, 5.74) is 21.3. The lowest BCUT2D eigenvalue weighted by molar-refractivity contribution is 0.100. The summed E-state index contributed by atoms with van der Waals surface area (Å²) >= 11 is 0. The van der Waals surface area contributed by atoms with Crippen LogP contribution in [-0.2, 0) is 10.8 Å². The molecule has 0 unspecified atom stereocenters. The molecule has 3 rings (SSSR count). The van der Waals surface area contributed by atoms with Gasteiger partial charge in [0.1, 0.15) is 11.4 Å². The molecule has 8 nitrogen and oxygen atoms in total. The first kappa shape index (κ1) is 23.9. The lowest BCUT2D eigenvalue weighted by Crippen LogP contribution is -2.52. The maximum atomic E-state index is 12.1. The molecule has 0 radical (unpaired) electrons. The summed E-state index contributed by atoms with van der Waals surface area (Å²) in [5.74, 6) is 0.265. The van der Waals surface area contributed by atoms with Crippen LogP contribution >= 0.6 is 0 Å². The fraction of sp³-hybridized carbons (Fsp3) is 0.542. The highest BCUT2D eigenvalue weighted by Crippen LogP contribution is 2.33. The van der Waals surface area contributed by atoms with Crippen LogP contribution in [0.25, 0.3) is 0 Å². The van der Waals surface area contributed by atoms with E-state index in [1.807, 2.05) is 4.90 Å². The van der Waals surface area contributed by atoms with E-state index in [0.717, 1.165) is 12.1 Å². The molecule has 1 aliphatic rings. The van der Waals surface area contributed by atoms with Gasteiger partial charge in [-0.05, 0) is 40.5 Å². The number of rotatable bonds is 4. The van der Waals surface area contributed by atoms with Gasteiger partial charge in [-0.1, -0.05) is 47.6 Å². The van der Waals surface area contributed by atoms with Crippen molar-refractivity contribution in [3.8, 4) is 0 Å². The van der Waals surface area contributed by atoms with Crippen molar-refractivity contribution in [1.29, 1.82) is 0 Å². The Morgan fingerprint density at radius 3 is 2.00 bits per heavy atom. The normalized spacial score (nSPS) is 19.7. The van der Waals surface area contributed by atoms with Crippen LogP contribution in [0.2, 0.25) is 0 Å². The quantitative estimate of drug-likeness (QED) is 0.575. The molecule has 2 aromatic rings. The summed E-state index contributed by atoms with van der Waals surface area (Å²) in [4.78, 5) is 23.1. The Bertz CT molecular complexity index is 949. The van der Waals surface area contributed by atoms with Crippen molar-refractivity contribution in [2.24, 2.45) is 17.2 Å². The second-order valence-electron chi connectivity index (χ2n) is 10.9. The van der Waals surface area contributed by atoms with E-state index >= 15 is 0 Å². The number of nitrogens with zero attached hydrogens (tertiary/aromatic N) is 3. The van der Waals surface area contributed by atoms with E-state index in [1.54, 1.807) is 0 Å². The Balaban J connectivity index is 2.04. The molecule has 1 saturated heterocycles. The molecule has 174 valence electrons. The smallest absolute Gasteiger partial charge is 0.254 e. The third-order valence-corrected chi connectivity index (χ3v) is 5.77. The molecule has 1 aliphatic heterocycles. The van der Waals surface area contributed by atoms with Crippen LogP contribution in [0, 0.1) is 0 Å². The van der Waals surface area contributed by atoms with Gasteiger partial charge < -0.3 is 27.4 Å². The monoisotopic (exact) mass is 439 g/mol. The van der Waals surface area contributed by atoms with Gasteiger partial charge in [0, 0.05) is 37.1 Å².